The van der Waals surface area contributed by atoms with Crippen molar-refractivity contribution in [1.29, 1.82) is 0 Å². The third-order valence-corrected chi connectivity index (χ3v) is 5.28. The molecule has 0 amide bonds. The third-order valence-electron chi connectivity index (χ3n) is 4.24. The zero-order chi connectivity index (χ0) is 18.3. The first-order valence-corrected chi connectivity index (χ1v) is 9.36. The number of hydrogen-bond donors (Lipinski definition) is 2. The van der Waals surface area contributed by atoms with E-state index in [1.54, 1.807) is 18.2 Å². The van der Waals surface area contributed by atoms with E-state index in [0.29, 0.717) is 11.5 Å². The van der Waals surface area contributed by atoms with Gasteiger partial charge in [-0.15, -0.1) is 11.3 Å². The number of hydrogen-bond acceptors (Lipinski definition) is 5. The SMILES string of the molecule is Cc1ccc(-c2csc3nc(Cl)nc(Nc4ccccc4O)c23)c(C)c1. The van der Waals surface area contributed by atoms with Crippen LogP contribution in [0, 0.1) is 13.8 Å². The molecule has 2 aromatic carbocycles. The minimum Gasteiger partial charge on any atom is -0.506 e. The van der Waals surface area contributed by atoms with Gasteiger partial charge in [-0.05, 0) is 48.7 Å². The van der Waals surface area contributed by atoms with Gasteiger partial charge in [0, 0.05) is 10.9 Å². The highest BCUT2D eigenvalue weighted by atomic mass is 35.5. The zero-order valence-electron chi connectivity index (χ0n) is 14.2. The van der Waals surface area contributed by atoms with Crippen LogP contribution in [0.4, 0.5) is 11.5 Å². The minimum absolute atomic E-state index is 0.152. The first-order chi connectivity index (χ1) is 12.5. The van der Waals surface area contributed by atoms with Crippen LogP contribution in [0.3, 0.4) is 0 Å². The number of anilines is 2. The van der Waals surface area contributed by atoms with Crippen LogP contribution in [-0.2, 0) is 0 Å². The standard InChI is InChI=1S/C20H16ClN3OS/c1-11-7-8-13(12(2)9-11)14-10-26-19-17(14)18(23-20(21)24-19)22-15-5-3-4-6-16(15)25/h3-10,25H,1-2H3,(H,22,23,24). The number of aromatic nitrogens is 2. The Bertz CT molecular complexity index is 1120. The molecule has 0 fully saturated rings. The number of thiophene rings is 1. The molecule has 130 valence electrons. The van der Waals surface area contributed by atoms with E-state index in [9.17, 15) is 5.11 Å². The summed E-state index contributed by atoms with van der Waals surface area (Å²) < 4.78 is 0. The number of benzene rings is 2. The predicted octanol–water partition coefficient (Wildman–Crippen LogP) is 6.08. The lowest BCUT2D eigenvalue weighted by Gasteiger charge is -2.11. The van der Waals surface area contributed by atoms with E-state index in [2.05, 4.69) is 52.7 Å². The number of phenols is 1. The first-order valence-electron chi connectivity index (χ1n) is 8.10. The minimum atomic E-state index is 0.152. The third kappa shape index (κ3) is 3.00. The number of fused-ring (bicyclic) bond motifs is 1. The Hall–Kier alpha value is -2.63. The predicted molar refractivity (Wildman–Crippen MR) is 109 cm³/mol. The van der Waals surface area contributed by atoms with Crippen molar-refractivity contribution < 1.29 is 5.11 Å². The Kier molecular flexibility index (Phi) is 4.26. The second-order valence-corrected chi connectivity index (χ2v) is 7.33. The van der Waals surface area contributed by atoms with Gasteiger partial charge < -0.3 is 10.4 Å². The summed E-state index contributed by atoms with van der Waals surface area (Å²) in [5, 5.41) is 16.4. The topological polar surface area (TPSA) is 58.0 Å². The highest BCUT2D eigenvalue weighted by Crippen LogP contribution is 2.40. The summed E-state index contributed by atoms with van der Waals surface area (Å²) in [6, 6.07) is 13.4. The summed E-state index contributed by atoms with van der Waals surface area (Å²) in [4.78, 5) is 9.55. The molecular weight excluding hydrogens is 366 g/mol. The number of nitrogens with one attached hydrogen (secondary N) is 1. The van der Waals surface area contributed by atoms with Gasteiger partial charge in [0.2, 0.25) is 5.28 Å². The van der Waals surface area contributed by atoms with Gasteiger partial charge in [0.1, 0.15) is 16.4 Å². The number of aryl methyl sites for hydroxylation is 2. The maximum atomic E-state index is 10.1. The van der Waals surface area contributed by atoms with Crippen LogP contribution in [0.15, 0.2) is 47.8 Å². The molecular formula is C20H16ClN3OS. The van der Waals surface area contributed by atoms with Gasteiger partial charge in [0.25, 0.3) is 0 Å². The van der Waals surface area contributed by atoms with Gasteiger partial charge in [-0.25, -0.2) is 4.98 Å². The van der Waals surface area contributed by atoms with Gasteiger partial charge in [-0.1, -0.05) is 35.9 Å². The highest BCUT2D eigenvalue weighted by Gasteiger charge is 2.17. The van der Waals surface area contributed by atoms with E-state index in [-0.39, 0.29) is 11.0 Å². The smallest absolute Gasteiger partial charge is 0.225 e. The van der Waals surface area contributed by atoms with Gasteiger partial charge in [-0.3, -0.25) is 0 Å². The van der Waals surface area contributed by atoms with E-state index < -0.39 is 0 Å². The van der Waals surface area contributed by atoms with Crippen molar-refractivity contribution in [2.75, 3.05) is 5.32 Å². The molecule has 0 saturated heterocycles. The van der Waals surface area contributed by atoms with Gasteiger partial charge in [-0.2, -0.15) is 4.98 Å². The lowest BCUT2D eigenvalue weighted by atomic mass is 9.99. The van der Waals surface area contributed by atoms with Crippen LogP contribution >= 0.6 is 22.9 Å². The summed E-state index contributed by atoms with van der Waals surface area (Å²) >= 11 is 7.65. The molecule has 0 saturated carbocycles. The molecule has 0 aliphatic heterocycles. The van der Waals surface area contributed by atoms with E-state index in [1.807, 2.05) is 6.07 Å². The van der Waals surface area contributed by atoms with E-state index in [1.165, 1.54) is 22.5 Å². The zero-order valence-corrected chi connectivity index (χ0v) is 15.8. The van der Waals surface area contributed by atoms with Crippen molar-refractivity contribution in [2.24, 2.45) is 0 Å². The monoisotopic (exact) mass is 381 g/mol. The molecule has 2 N–H and O–H groups in total. The number of halogens is 1. The summed E-state index contributed by atoms with van der Waals surface area (Å²) in [5.41, 5.74) is 5.16. The molecule has 2 heterocycles. The van der Waals surface area contributed by atoms with Crippen molar-refractivity contribution in [2.45, 2.75) is 13.8 Å². The number of rotatable bonds is 3. The van der Waals surface area contributed by atoms with Crippen LogP contribution in [0.25, 0.3) is 21.3 Å². The molecule has 0 bridgehead atoms. The Morgan fingerprint density at radius 1 is 1.04 bits per heavy atom. The Balaban J connectivity index is 1.93. The van der Waals surface area contributed by atoms with E-state index in [0.717, 1.165) is 21.3 Å². The van der Waals surface area contributed by atoms with Crippen molar-refractivity contribution in [3.05, 3.63) is 64.3 Å². The molecule has 0 unspecified atom stereocenters. The van der Waals surface area contributed by atoms with Crippen LogP contribution in [0.5, 0.6) is 5.75 Å². The molecule has 0 spiro atoms. The quantitative estimate of drug-likeness (QED) is 0.333. The summed E-state index contributed by atoms with van der Waals surface area (Å²) in [6.45, 7) is 4.18. The Morgan fingerprint density at radius 2 is 1.85 bits per heavy atom. The maximum Gasteiger partial charge on any atom is 0.225 e. The molecule has 4 nitrogen and oxygen atoms in total. The molecule has 4 rings (SSSR count). The average Bonchev–Trinajstić information content (AvgIpc) is 3.00. The van der Waals surface area contributed by atoms with Crippen LogP contribution in [0.1, 0.15) is 11.1 Å². The number of nitrogens with zero attached hydrogens (tertiary/aromatic N) is 2. The second kappa shape index (κ2) is 6.59. The van der Waals surface area contributed by atoms with Gasteiger partial charge >= 0.3 is 0 Å². The molecule has 0 aliphatic rings. The van der Waals surface area contributed by atoms with Crippen LogP contribution in [0.2, 0.25) is 5.28 Å². The fourth-order valence-electron chi connectivity index (χ4n) is 3.03. The molecule has 0 aliphatic carbocycles. The van der Waals surface area contributed by atoms with E-state index >= 15 is 0 Å². The summed E-state index contributed by atoms with van der Waals surface area (Å²) in [5.74, 6) is 0.733. The number of aromatic hydroxyl groups is 1. The molecule has 0 atom stereocenters. The van der Waals surface area contributed by atoms with E-state index in [4.69, 9.17) is 11.6 Å². The number of para-hydroxylation sites is 2. The fraction of sp³-hybridized carbons (Fsp3) is 0.100. The molecule has 2 aromatic heterocycles. The van der Waals surface area contributed by atoms with Crippen LogP contribution in [-0.4, -0.2) is 15.1 Å². The summed E-state index contributed by atoms with van der Waals surface area (Å²) in [6.07, 6.45) is 0. The molecule has 0 radical (unpaired) electrons. The lowest BCUT2D eigenvalue weighted by Crippen LogP contribution is -1.97. The second-order valence-electron chi connectivity index (χ2n) is 6.13. The van der Waals surface area contributed by atoms with Gasteiger partial charge in [0.15, 0.2) is 0 Å². The van der Waals surface area contributed by atoms with Crippen molar-refractivity contribution in [3.8, 4) is 16.9 Å². The number of phenolic OH excluding ortho intramolecular Hbond substituents is 1. The van der Waals surface area contributed by atoms with Crippen molar-refractivity contribution >= 4 is 44.7 Å². The normalized spacial score (nSPS) is 11.0. The van der Waals surface area contributed by atoms with Crippen LogP contribution < -0.4 is 5.32 Å². The maximum absolute atomic E-state index is 10.1. The average molecular weight is 382 g/mol. The summed E-state index contributed by atoms with van der Waals surface area (Å²) in [7, 11) is 0. The Morgan fingerprint density at radius 3 is 2.62 bits per heavy atom. The fourth-order valence-corrected chi connectivity index (χ4v) is 4.18. The van der Waals surface area contributed by atoms with Crippen molar-refractivity contribution in [1.82, 2.24) is 9.97 Å². The highest BCUT2D eigenvalue weighted by molar-refractivity contribution is 7.17. The largest absolute Gasteiger partial charge is 0.506 e. The van der Waals surface area contributed by atoms with Gasteiger partial charge in [0.05, 0.1) is 11.1 Å². The first kappa shape index (κ1) is 16.8. The Labute approximate surface area is 160 Å². The van der Waals surface area contributed by atoms with Crippen molar-refractivity contribution in [3.63, 3.8) is 0 Å². The lowest BCUT2D eigenvalue weighted by molar-refractivity contribution is 0.478. The molecule has 6 heteroatoms. The molecule has 4 aromatic rings. The molecule has 26 heavy (non-hydrogen) atoms.